The molecule has 2 heterocycles. The summed E-state index contributed by atoms with van der Waals surface area (Å²) in [7, 11) is 0. The monoisotopic (exact) mass is 296 g/mol. The van der Waals surface area contributed by atoms with E-state index in [0.29, 0.717) is 4.88 Å². The zero-order valence-corrected chi connectivity index (χ0v) is 11.3. The normalized spacial score (nSPS) is 11.0. The Bertz CT molecular complexity index is 716. The third kappa shape index (κ3) is 1.96. The average Bonchev–Trinajstić information content (AvgIpc) is 2.91. The molecule has 0 spiro atoms. The highest BCUT2D eigenvalue weighted by molar-refractivity contribution is 7.28. The zero-order chi connectivity index (χ0) is 12.7. The van der Waals surface area contributed by atoms with Gasteiger partial charge in [-0.15, -0.1) is 22.7 Å². The van der Waals surface area contributed by atoms with Crippen LogP contribution in [0.25, 0.3) is 9.40 Å². The smallest absolute Gasteiger partial charge is 0.204 e. The summed E-state index contributed by atoms with van der Waals surface area (Å²) in [5.41, 5.74) is 0.213. The molecule has 0 radical (unpaired) electrons. The van der Waals surface area contributed by atoms with Crippen LogP contribution in [0.2, 0.25) is 5.02 Å². The number of ketones is 1. The van der Waals surface area contributed by atoms with Crippen LogP contribution >= 0.6 is 34.3 Å². The molecule has 0 atom stereocenters. The van der Waals surface area contributed by atoms with Gasteiger partial charge < -0.3 is 0 Å². The predicted molar refractivity (Wildman–Crippen MR) is 74.5 cm³/mol. The minimum absolute atomic E-state index is 0.213. The van der Waals surface area contributed by atoms with Crippen molar-refractivity contribution in [2.45, 2.75) is 0 Å². The molecule has 0 saturated heterocycles. The molecule has 0 amide bonds. The maximum atomic E-state index is 13.2. The third-order valence-electron chi connectivity index (χ3n) is 2.54. The first-order valence-corrected chi connectivity index (χ1v) is 7.19. The largest absolute Gasteiger partial charge is 0.288 e. The van der Waals surface area contributed by atoms with Crippen LogP contribution in [0.3, 0.4) is 0 Å². The summed E-state index contributed by atoms with van der Waals surface area (Å²) in [4.78, 5) is 12.8. The van der Waals surface area contributed by atoms with E-state index in [1.54, 1.807) is 11.3 Å². The van der Waals surface area contributed by atoms with E-state index in [0.717, 1.165) is 9.40 Å². The Kier molecular flexibility index (Phi) is 2.93. The molecule has 3 rings (SSSR count). The molecule has 3 aromatic rings. The second-order valence-electron chi connectivity index (χ2n) is 3.71. The molecule has 0 N–H and O–H groups in total. The summed E-state index contributed by atoms with van der Waals surface area (Å²) in [6.07, 6.45) is 0. The van der Waals surface area contributed by atoms with Gasteiger partial charge in [-0.1, -0.05) is 11.6 Å². The molecule has 0 fully saturated rings. The van der Waals surface area contributed by atoms with Crippen LogP contribution in [0.1, 0.15) is 15.2 Å². The number of thiophene rings is 2. The summed E-state index contributed by atoms with van der Waals surface area (Å²) in [6.45, 7) is 0. The number of halogens is 2. The van der Waals surface area contributed by atoms with Crippen LogP contribution in [0.15, 0.2) is 35.7 Å². The van der Waals surface area contributed by atoms with E-state index in [2.05, 4.69) is 0 Å². The van der Waals surface area contributed by atoms with Crippen molar-refractivity contribution in [3.63, 3.8) is 0 Å². The van der Waals surface area contributed by atoms with E-state index in [4.69, 9.17) is 11.6 Å². The minimum Gasteiger partial charge on any atom is -0.288 e. The van der Waals surface area contributed by atoms with Gasteiger partial charge in [-0.05, 0) is 35.7 Å². The number of carbonyl (C=O) groups is 1. The maximum absolute atomic E-state index is 13.2. The molecule has 1 aromatic carbocycles. The Hall–Kier alpha value is -1.23. The van der Waals surface area contributed by atoms with Crippen molar-refractivity contribution in [2.24, 2.45) is 0 Å². The van der Waals surface area contributed by atoms with Crippen molar-refractivity contribution >= 4 is 49.5 Å². The Morgan fingerprint density at radius 3 is 2.78 bits per heavy atom. The van der Waals surface area contributed by atoms with Crippen LogP contribution in [-0.2, 0) is 0 Å². The van der Waals surface area contributed by atoms with Crippen molar-refractivity contribution in [2.75, 3.05) is 0 Å². The van der Waals surface area contributed by atoms with Crippen LogP contribution in [-0.4, -0.2) is 5.78 Å². The topological polar surface area (TPSA) is 17.1 Å². The summed E-state index contributed by atoms with van der Waals surface area (Å²) < 4.78 is 15.3. The fourth-order valence-corrected chi connectivity index (χ4v) is 3.95. The minimum atomic E-state index is -0.457. The molecule has 18 heavy (non-hydrogen) atoms. The van der Waals surface area contributed by atoms with E-state index in [1.807, 2.05) is 17.5 Å². The molecule has 1 nitrogen and oxygen atoms in total. The summed E-state index contributed by atoms with van der Waals surface area (Å²) in [6, 6.07) is 7.62. The van der Waals surface area contributed by atoms with Gasteiger partial charge in [-0.3, -0.25) is 4.79 Å². The Balaban J connectivity index is 2.09. The lowest BCUT2D eigenvalue weighted by Crippen LogP contribution is -2.00. The fourth-order valence-electron chi connectivity index (χ4n) is 1.68. The van der Waals surface area contributed by atoms with Crippen molar-refractivity contribution in [1.29, 1.82) is 0 Å². The van der Waals surface area contributed by atoms with Gasteiger partial charge in [0.1, 0.15) is 5.82 Å². The lowest BCUT2D eigenvalue weighted by molar-refractivity contribution is 0.104. The van der Waals surface area contributed by atoms with Gasteiger partial charge in [0.2, 0.25) is 5.78 Å². The van der Waals surface area contributed by atoms with Gasteiger partial charge in [0.05, 0.1) is 9.90 Å². The number of benzene rings is 1. The average molecular weight is 297 g/mol. The highest BCUT2D eigenvalue weighted by atomic mass is 35.5. The van der Waals surface area contributed by atoms with Gasteiger partial charge in [-0.2, -0.15) is 0 Å². The first kappa shape index (κ1) is 11.8. The lowest BCUT2D eigenvalue weighted by Gasteiger charge is -2.01. The van der Waals surface area contributed by atoms with Gasteiger partial charge in [0, 0.05) is 15.0 Å². The van der Waals surface area contributed by atoms with E-state index in [9.17, 15) is 9.18 Å². The summed E-state index contributed by atoms with van der Waals surface area (Å²) in [5, 5.41) is 2.25. The van der Waals surface area contributed by atoms with Crippen molar-refractivity contribution in [1.82, 2.24) is 0 Å². The molecular formula is C13H6ClFOS2. The van der Waals surface area contributed by atoms with Crippen LogP contribution in [0, 0.1) is 5.82 Å². The number of hydrogen-bond acceptors (Lipinski definition) is 3. The van der Waals surface area contributed by atoms with Crippen molar-refractivity contribution < 1.29 is 9.18 Å². The molecule has 90 valence electrons. The van der Waals surface area contributed by atoms with E-state index in [-0.39, 0.29) is 16.4 Å². The first-order valence-electron chi connectivity index (χ1n) is 5.12. The molecule has 0 aliphatic heterocycles. The molecule has 2 aromatic heterocycles. The van der Waals surface area contributed by atoms with Gasteiger partial charge in [-0.25, -0.2) is 4.39 Å². The molecule has 0 saturated carbocycles. The molecular weight excluding hydrogens is 291 g/mol. The third-order valence-corrected chi connectivity index (χ3v) is 4.96. The van der Waals surface area contributed by atoms with E-state index >= 15 is 0 Å². The van der Waals surface area contributed by atoms with Gasteiger partial charge in [0.15, 0.2) is 0 Å². The molecule has 0 bridgehead atoms. The Morgan fingerprint density at radius 1 is 1.17 bits per heavy atom. The van der Waals surface area contributed by atoms with Crippen molar-refractivity contribution in [3.05, 3.63) is 57.0 Å². The van der Waals surface area contributed by atoms with Crippen LogP contribution in [0.4, 0.5) is 4.39 Å². The number of hydrogen-bond donors (Lipinski definition) is 0. The SMILES string of the molecule is O=C(c1cc2sccc2s1)c1cc(F)ccc1Cl. The maximum Gasteiger partial charge on any atom is 0.204 e. The molecule has 0 unspecified atom stereocenters. The van der Waals surface area contributed by atoms with E-state index < -0.39 is 5.82 Å². The number of fused-ring (bicyclic) bond motifs is 1. The quantitative estimate of drug-likeness (QED) is 0.609. The second-order valence-corrected chi connectivity index (χ2v) is 6.15. The lowest BCUT2D eigenvalue weighted by atomic mass is 10.1. The summed E-state index contributed by atoms with van der Waals surface area (Å²) in [5.74, 6) is -0.686. The molecule has 0 aliphatic carbocycles. The van der Waals surface area contributed by atoms with Gasteiger partial charge in [0.25, 0.3) is 0 Å². The van der Waals surface area contributed by atoms with Crippen LogP contribution in [0.5, 0.6) is 0 Å². The Labute approximate surface area is 115 Å². The predicted octanol–water partition coefficient (Wildman–Crippen LogP) is 4.99. The number of rotatable bonds is 2. The fraction of sp³-hybridized carbons (Fsp3) is 0. The van der Waals surface area contributed by atoms with Crippen molar-refractivity contribution in [3.8, 4) is 0 Å². The second kappa shape index (κ2) is 4.46. The summed E-state index contributed by atoms with van der Waals surface area (Å²) >= 11 is 8.91. The standard InChI is InChI=1S/C13H6ClFOS2/c14-9-2-1-7(15)5-8(9)13(16)12-6-11-10(18-12)3-4-17-11/h1-6H. The van der Waals surface area contributed by atoms with Gasteiger partial charge >= 0.3 is 0 Å². The highest BCUT2D eigenvalue weighted by Crippen LogP contribution is 2.32. The van der Waals surface area contributed by atoms with Crippen LogP contribution < -0.4 is 0 Å². The highest BCUT2D eigenvalue weighted by Gasteiger charge is 2.16. The molecule has 5 heteroatoms. The number of carbonyl (C=O) groups excluding carboxylic acids is 1. The molecule has 0 aliphatic rings. The van der Waals surface area contributed by atoms with E-state index in [1.165, 1.54) is 29.5 Å². The first-order chi connectivity index (χ1) is 8.65. The Morgan fingerprint density at radius 2 is 2.00 bits per heavy atom. The zero-order valence-electron chi connectivity index (χ0n) is 8.94.